The second-order valence-corrected chi connectivity index (χ2v) is 1.75. The molecule has 0 aromatic heterocycles. The van der Waals surface area contributed by atoms with Crippen molar-refractivity contribution in [3.8, 4) is 0 Å². The van der Waals surface area contributed by atoms with Crippen LogP contribution in [0, 0.1) is 12.7 Å². The Morgan fingerprint density at radius 3 is 2.11 bits per heavy atom. The average molecular weight is 127 g/mol. The third-order valence-electron chi connectivity index (χ3n) is 1.08. The van der Waals surface area contributed by atoms with Crippen LogP contribution < -0.4 is 6.15 Å². The van der Waals surface area contributed by atoms with Gasteiger partial charge in [-0.2, -0.15) is 0 Å². The first kappa shape index (κ1) is 8.11. The van der Waals surface area contributed by atoms with Crippen LogP contribution in [-0.2, 0) is 0 Å². The van der Waals surface area contributed by atoms with Gasteiger partial charge in [-0.15, -0.1) is 0 Å². The van der Waals surface area contributed by atoms with Gasteiger partial charge in [0, 0.05) is 0 Å². The Bertz CT molecular complexity index is 165. The van der Waals surface area contributed by atoms with Gasteiger partial charge in [-0.3, -0.25) is 0 Å². The molecule has 0 aliphatic carbocycles. The largest absolute Gasteiger partial charge is 0.344 e. The highest BCUT2D eigenvalue weighted by Crippen LogP contribution is 2.01. The molecule has 0 aliphatic rings. The van der Waals surface area contributed by atoms with Crippen molar-refractivity contribution in [3.05, 3.63) is 35.6 Å². The molecular formula is C7H10FN. The van der Waals surface area contributed by atoms with E-state index >= 15 is 0 Å². The van der Waals surface area contributed by atoms with Crippen LogP contribution in [0.4, 0.5) is 4.39 Å². The van der Waals surface area contributed by atoms with E-state index in [-0.39, 0.29) is 12.0 Å². The molecule has 0 atom stereocenters. The fraction of sp³-hybridized carbons (Fsp3) is 0.143. The number of benzene rings is 1. The van der Waals surface area contributed by atoms with Crippen LogP contribution in [0.5, 0.6) is 0 Å². The van der Waals surface area contributed by atoms with Gasteiger partial charge in [0.25, 0.3) is 0 Å². The zero-order chi connectivity index (χ0) is 5.98. The molecule has 1 aromatic rings. The van der Waals surface area contributed by atoms with E-state index in [0.717, 1.165) is 0 Å². The molecule has 0 radical (unpaired) electrons. The van der Waals surface area contributed by atoms with Gasteiger partial charge in [0.15, 0.2) is 0 Å². The molecule has 0 bridgehead atoms. The maximum Gasteiger partial charge on any atom is 0.126 e. The highest BCUT2D eigenvalue weighted by atomic mass is 19.1. The van der Waals surface area contributed by atoms with Gasteiger partial charge in [-0.1, -0.05) is 18.2 Å². The lowest BCUT2D eigenvalue weighted by Gasteiger charge is -1.89. The molecule has 0 saturated carbocycles. The van der Waals surface area contributed by atoms with Gasteiger partial charge in [-0.05, 0) is 18.6 Å². The summed E-state index contributed by atoms with van der Waals surface area (Å²) < 4.78 is 12.3. The molecule has 2 heteroatoms. The third-order valence-corrected chi connectivity index (χ3v) is 1.08. The van der Waals surface area contributed by atoms with Crippen LogP contribution in [0.2, 0.25) is 0 Å². The molecule has 1 nitrogen and oxygen atoms in total. The minimum absolute atomic E-state index is 0. The third kappa shape index (κ3) is 1.82. The van der Waals surface area contributed by atoms with Gasteiger partial charge in [0.05, 0.1) is 0 Å². The molecule has 50 valence electrons. The van der Waals surface area contributed by atoms with E-state index in [1.165, 1.54) is 6.07 Å². The quantitative estimate of drug-likeness (QED) is 0.570. The summed E-state index contributed by atoms with van der Waals surface area (Å²) in [4.78, 5) is 0. The van der Waals surface area contributed by atoms with Gasteiger partial charge in [0.2, 0.25) is 0 Å². The second kappa shape index (κ2) is 3.20. The highest BCUT2D eigenvalue weighted by molar-refractivity contribution is 5.14. The predicted molar refractivity (Wildman–Crippen MR) is 36.2 cm³/mol. The highest BCUT2D eigenvalue weighted by Gasteiger charge is 1.88. The zero-order valence-electron chi connectivity index (χ0n) is 5.39. The van der Waals surface area contributed by atoms with E-state index in [2.05, 4.69) is 0 Å². The Kier molecular flexibility index (Phi) is 2.88. The Balaban J connectivity index is 0.000000640. The lowest BCUT2D eigenvalue weighted by Crippen LogP contribution is -1.76. The Hall–Kier alpha value is -0.890. The summed E-state index contributed by atoms with van der Waals surface area (Å²) in [5.41, 5.74) is 0.701. The van der Waals surface area contributed by atoms with Crippen molar-refractivity contribution in [1.82, 2.24) is 6.15 Å². The van der Waals surface area contributed by atoms with Crippen molar-refractivity contribution >= 4 is 0 Å². The van der Waals surface area contributed by atoms with Crippen molar-refractivity contribution in [2.24, 2.45) is 0 Å². The SMILES string of the molecule is Cc1ccccc1F.N. The summed E-state index contributed by atoms with van der Waals surface area (Å²) in [5, 5.41) is 0. The fourth-order valence-corrected chi connectivity index (χ4v) is 0.551. The standard InChI is InChI=1S/C7H7F.H3N/c1-6-4-2-3-5-7(6)8;/h2-5H,1H3;1H3. The van der Waals surface area contributed by atoms with Gasteiger partial charge < -0.3 is 6.15 Å². The van der Waals surface area contributed by atoms with Crippen molar-refractivity contribution in [3.63, 3.8) is 0 Å². The van der Waals surface area contributed by atoms with Crippen LogP contribution in [0.15, 0.2) is 24.3 Å². The van der Waals surface area contributed by atoms with E-state index in [4.69, 9.17) is 0 Å². The molecule has 0 fully saturated rings. The number of aryl methyl sites for hydroxylation is 1. The lowest BCUT2D eigenvalue weighted by atomic mass is 10.2. The number of hydrogen-bond acceptors (Lipinski definition) is 1. The molecular weight excluding hydrogens is 117 g/mol. The molecule has 0 spiro atoms. The lowest BCUT2D eigenvalue weighted by molar-refractivity contribution is 0.618. The predicted octanol–water partition coefficient (Wildman–Crippen LogP) is 2.30. The fourth-order valence-electron chi connectivity index (χ4n) is 0.551. The van der Waals surface area contributed by atoms with Crippen molar-refractivity contribution in [2.75, 3.05) is 0 Å². The van der Waals surface area contributed by atoms with Crippen LogP contribution in [-0.4, -0.2) is 0 Å². The van der Waals surface area contributed by atoms with Crippen LogP contribution in [0.3, 0.4) is 0 Å². The molecule has 0 aliphatic heterocycles. The maximum atomic E-state index is 12.3. The van der Waals surface area contributed by atoms with Gasteiger partial charge in [-0.25, -0.2) is 4.39 Å². The molecule has 1 rings (SSSR count). The molecule has 9 heavy (non-hydrogen) atoms. The average Bonchev–Trinajstić information content (AvgIpc) is 1.77. The van der Waals surface area contributed by atoms with Gasteiger partial charge >= 0.3 is 0 Å². The topological polar surface area (TPSA) is 35.0 Å². The van der Waals surface area contributed by atoms with E-state index in [0.29, 0.717) is 5.56 Å². The molecule has 0 amide bonds. The number of hydrogen-bond donors (Lipinski definition) is 1. The Labute approximate surface area is 54.1 Å². The minimum Gasteiger partial charge on any atom is -0.344 e. The maximum absolute atomic E-state index is 12.3. The number of rotatable bonds is 0. The first-order valence-corrected chi connectivity index (χ1v) is 2.52. The van der Waals surface area contributed by atoms with Crippen molar-refractivity contribution in [2.45, 2.75) is 6.92 Å². The minimum atomic E-state index is -0.132. The monoisotopic (exact) mass is 127 g/mol. The summed E-state index contributed by atoms with van der Waals surface area (Å²) in [6.07, 6.45) is 0. The van der Waals surface area contributed by atoms with E-state index < -0.39 is 0 Å². The second-order valence-electron chi connectivity index (χ2n) is 1.75. The summed E-state index contributed by atoms with van der Waals surface area (Å²) in [6.45, 7) is 1.75. The van der Waals surface area contributed by atoms with Crippen LogP contribution in [0.25, 0.3) is 0 Å². The van der Waals surface area contributed by atoms with E-state index in [1.54, 1.807) is 19.1 Å². The zero-order valence-corrected chi connectivity index (χ0v) is 5.39. The van der Waals surface area contributed by atoms with Crippen molar-refractivity contribution in [1.29, 1.82) is 0 Å². The van der Waals surface area contributed by atoms with E-state index in [1.807, 2.05) is 6.07 Å². The molecule has 0 saturated heterocycles. The molecule has 0 heterocycles. The Morgan fingerprint density at radius 1 is 1.22 bits per heavy atom. The summed E-state index contributed by atoms with van der Waals surface area (Å²) >= 11 is 0. The molecule has 3 N–H and O–H groups in total. The first-order chi connectivity index (χ1) is 3.80. The molecule has 1 aromatic carbocycles. The van der Waals surface area contributed by atoms with Gasteiger partial charge in [0.1, 0.15) is 5.82 Å². The summed E-state index contributed by atoms with van der Waals surface area (Å²) in [7, 11) is 0. The number of halogens is 1. The van der Waals surface area contributed by atoms with E-state index in [9.17, 15) is 4.39 Å². The molecule has 0 unspecified atom stereocenters. The normalized spacial score (nSPS) is 8.22. The van der Waals surface area contributed by atoms with Crippen molar-refractivity contribution < 1.29 is 4.39 Å². The van der Waals surface area contributed by atoms with Crippen LogP contribution in [0.1, 0.15) is 5.56 Å². The Morgan fingerprint density at radius 2 is 1.78 bits per heavy atom. The summed E-state index contributed by atoms with van der Waals surface area (Å²) in [5.74, 6) is -0.132. The summed E-state index contributed by atoms with van der Waals surface area (Å²) in [6, 6.07) is 6.70. The van der Waals surface area contributed by atoms with Crippen LogP contribution >= 0.6 is 0 Å². The smallest absolute Gasteiger partial charge is 0.126 e. The first-order valence-electron chi connectivity index (χ1n) is 2.52.